The molecule has 1 saturated heterocycles. The summed E-state index contributed by atoms with van der Waals surface area (Å²) < 4.78 is 5.40. The highest BCUT2D eigenvalue weighted by molar-refractivity contribution is 5.78. The summed E-state index contributed by atoms with van der Waals surface area (Å²) in [5.74, 6) is 0.636. The maximum atomic E-state index is 12.4. The van der Waals surface area contributed by atoms with Crippen LogP contribution in [0.25, 0.3) is 11.4 Å². The lowest BCUT2D eigenvalue weighted by molar-refractivity contribution is -0.120. The maximum absolute atomic E-state index is 12.4. The Kier molecular flexibility index (Phi) is 5.55. The van der Waals surface area contributed by atoms with Crippen molar-refractivity contribution in [2.24, 2.45) is 5.92 Å². The molecular weight excluding hydrogens is 320 g/mol. The molecule has 3 rings (SSSR count). The third-order valence-corrected chi connectivity index (χ3v) is 4.34. The van der Waals surface area contributed by atoms with Crippen LogP contribution in [0.4, 0.5) is 0 Å². The molecule has 2 aromatic rings. The van der Waals surface area contributed by atoms with Crippen LogP contribution in [0.2, 0.25) is 0 Å². The minimum Gasteiger partial charge on any atom is -0.381 e. The lowest BCUT2D eigenvalue weighted by Crippen LogP contribution is -2.35. The number of rotatable bonds is 5. The van der Waals surface area contributed by atoms with Gasteiger partial charge in [0.15, 0.2) is 0 Å². The van der Waals surface area contributed by atoms with Crippen LogP contribution in [0.5, 0.6) is 0 Å². The van der Waals surface area contributed by atoms with Gasteiger partial charge < -0.3 is 15.0 Å². The number of hydrogen-bond acceptors (Lipinski definition) is 5. The molecule has 0 unspecified atom stereocenters. The average Bonchev–Trinajstić information content (AvgIpc) is 2.64. The predicted octanol–water partition coefficient (Wildman–Crippen LogP) is 1.23. The molecular formula is C18H22N4O3. The maximum Gasteiger partial charge on any atom is 0.255 e. The molecule has 0 saturated carbocycles. The summed E-state index contributed by atoms with van der Waals surface area (Å²) in [5.41, 5.74) is 1.39. The van der Waals surface area contributed by atoms with E-state index in [2.05, 4.69) is 20.3 Å². The van der Waals surface area contributed by atoms with Crippen LogP contribution in [0.15, 0.2) is 29.3 Å². The van der Waals surface area contributed by atoms with Crippen LogP contribution in [0.3, 0.4) is 0 Å². The Labute approximate surface area is 145 Å². The number of aryl methyl sites for hydroxylation is 1. The van der Waals surface area contributed by atoms with Gasteiger partial charge >= 0.3 is 0 Å². The van der Waals surface area contributed by atoms with E-state index in [1.54, 1.807) is 25.4 Å². The summed E-state index contributed by atoms with van der Waals surface area (Å²) in [6.07, 6.45) is 5.40. The highest BCUT2D eigenvalue weighted by Gasteiger charge is 2.17. The van der Waals surface area contributed by atoms with Crippen molar-refractivity contribution in [2.45, 2.75) is 26.2 Å². The number of carbonyl (C=O) groups is 1. The van der Waals surface area contributed by atoms with Crippen molar-refractivity contribution < 1.29 is 9.53 Å². The van der Waals surface area contributed by atoms with E-state index in [0.717, 1.165) is 25.0 Å². The van der Waals surface area contributed by atoms with Gasteiger partial charge in [-0.3, -0.25) is 14.6 Å². The predicted molar refractivity (Wildman–Crippen MR) is 93.1 cm³/mol. The van der Waals surface area contributed by atoms with Gasteiger partial charge in [0.25, 0.3) is 5.56 Å². The molecule has 1 aliphatic heterocycles. The van der Waals surface area contributed by atoms with E-state index >= 15 is 0 Å². The van der Waals surface area contributed by atoms with Gasteiger partial charge in [-0.15, -0.1) is 0 Å². The monoisotopic (exact) mass is 342 g/mol. The van der Waals surface area contributed by atoms with Crippen LogP contribution in [-0.4, -0.2) is 40.6 Å². The number of nitrogens with one attached hydrogen (secondary N) is 2. The van der Waals surface area contributed by atoms with Gasteiger partial charge in [0, 0.05) is 42.4 Å². The number of aromatic amines is 1. The van der Waals surface area contributed by atoms with Gasteiger partial charge in [-0.25, -0.2) is 4.98 Å². The lowest BCUT2D eigenvalue weighted by Gasteiger charge is -2.22. The Hall–Kier alpha value is -2.54. The standard InChI is InChI=1S/C18H22N4O3/c1-12-15(8-16(23)20-9-13-4-3-7-25-11-13)18(24)22-17(21-12)14-5-2-6-19-10-14/h2,5-6,10,13H,3-4,7-9,11H2,1H3,(H,20,23)(H,21,22,24)/t13-/m0/s1. The lowest BCUT2D eigenvalue weighted by atomic mass is 10.0. The zero-order valence-corrected chi connectivity index (χ0v) is 14.2. The van der Waals surface area contributed by atoms with E-state index in [9.17, 15) is 9.59 Å². The zero-order valence-electron chi connectivity index (χ0n) is 14.2. The second kappa shape index (κ2) is 8.02. The topological polar surface area (TPSA) is 97.0 Å². The number of hydrogen-bond donors (Lipinski definition) is 2. The molecule has 0 aliphatic carbocycles. The first-order valence-corrected chi connectivity index (χ1v) is 8.48. The van der Waals surface area contributed by atoms with Gasteiger partial charge in [0.1, 0.15) is 5.82 Å². The second-order valence-electron chi connectivity index (χ2n) is 6.28. The van der Waals surface area contributed by atoms with Crippen LogP contribution in [-0.2, 0) is 16.0 Å². The molecule has 1 aliphatic rings. The molecule has 7 heteroatoms. The number of carbonyl (C=O) groups excluding carboxylic acids is 1. The van der Waals surface area contributed by atoms with Gasteiger partial charge in [0.05, 0.1) is 13.0 Å². The number of H-pyrrole nitrogens is 1. The van der Waals surface area contributed by atoms with Crippen molar-refractivity contribution in [1.29, 1.82) is 0 Å². The summed E-state index contributed by atoms with van der Waals surface area (Å²) in [4.78, 5) is 35.7. The molecule has 3 heterocycles. The first-order chi connectivity index (χ1) is 12.1. The summed E-state index contributed by atoms with van der Waals surface area (Å²) >= 11 is 0. The normalized spacial score (nSPS) is 17.2. The average molecular weight is 342 g/mol. The first-order valence-electron chi connectivity index (χ1n) is 8.48. The van der Waals surface area contributed by atoms with Gasteiger partial charge in [-0.1, -0.05) is 0 Å². The fourth-order valence-electron chi connectivity index (χ4n) is 2.91. The number of ether oxygens (including phenoxy) is 1. The molecule has 0 aromatic carbocycles. The third kappa shape index (κ3) is 4.51. The van der Waals surface area contributed by atoms with Crippen LogP contribution in [0, 0.1) is 12.8 Å². The third-order valence-electron chi connectivity index (χ3n) is 4.34. The van der Waals surface area contributed by atoms with E-state index in [0.29, 0.717) is 36.2 Å². The van der Waals surface area contributed by atoms with Gasteiger partial charge in [-0.2, -0.15) is 0 Å². The van der Waals surface area contributed by atoms with Crippen LogP contribution in [0.1, 0.15) is 24.1 Å². The molecule has 0 bridgehead atoms. The summed E-state index contributed by atoms with van der Waals surface area (Å²) in [7, 11) is 0. The largest absolute Gasteiger partial charge is 0.381 e. The molecule has 0 spiro atoms. The highest BCUT2D eigenvalue weighted by atomic mass is 16.5. The molecule has 7 nitrogen and oxygen atoms in total. The Morgan fingerprint density at radius 2 is 2.36 bits per heavy atom. The second-order valence-corrected chi connectivity index (χ2v) is 6.28. The summed E-state index contributed by atoms with van der Waals surface area (Å²) in [6, 6.07) is 3.60. The van der Waals surface area contributed by atoms with E-state index < -0.39 is 0 Å². The SMILES string of the molecule is Cc1nc(-c2cccnc2)[nH]c(=O)c1CC(=O)NC[C@@H]1CCCOC1. The van der Waals surface area contributed by atoms with Crippen LogP contribution >= 0.6 is 0 Å². The number of pyridine rings is 1. The van der Waals surface area contributed by atoms with E-state index in [-0.39, 0.29) is 17.9 Å². The molecule has 1 atom stereocenters. The van der Waals surface area contributed by atoms with E-state index in [1.165, 1.54) is 0 Å². The van der Waals surface area contributed by atoms with E-state index in [4.69, 9.17) is 4.74 Å². The smallest absolute Gasteiger partial charge is 0.255 e. The molecule has 1 amide bonds. The molecule has 2 aromatic heterocycles. The molecule has 2 N–H and O–H groups in total. The first kappa shape index (κ1) is 17.3. The zero-order chi connectivity index (χ0) is 17.6. The minimum atomic E-state index is -0.289. The fraction of sp³-hybridized carbons (Fsp3) is 0.444. The number of nitrogens with zero attached hydrogens (tertiary/aromatic N) is 2. The minimum absolute atomic E-state index is 0.0229. The molecule has 25 heavy (non-hydrogen) atoms. The van der Waals surface area contributed by atoms with Crippen molar-refractivity contribution in [3.8, 4) is 11.4 Å². The van der Waals surface area contributed by atoms with Crippen LogP contribution < -0.4 is 10.9 Å². The van der Waals surface area contributed by atoms with Crippen molar-refractivity contribution in [3.63, 3.8) is 0 Å². The highest BCUT2D eigenvalue weighted by Crippen LogP contribution is 2.14. The van der Waals surface area contributed by atoms with Crippen molar-refractivity contribution in [2.75, 3.05) is 19.8 Å². The fourth-order valence-corrected chi connectivity index (χ4v) is 2.91. The summed E-state index contributed by atoms with van der Waals surface area (Å²) in [5, 5.41) is 2.89. The Bertz CT molecular complexity index is 783. The Morgan fingerprint density at radius 3 is 3.04 bits per heavy atom. The number of aromatic nitrogens is 3. The van der Waals surface area contributed by atoms with Crippen molar-refractivity contribution in [1.82, 2.24) is 20.3 Å². The quantitative estimate of drug-likeness (QED) is 0.852. The van der Waals surface area contributed by atoms with Gasteiger partial charge in [-0.05, 0) is 37.8 Å². The van der Waals surface area contributed by atoms with Gasteiger partial charge in [0.2, 0.25) is 5.91 Å². The molecule has 0 radical (unpaired) electrons. The molecule has 132 valence electrons. The molecule has 1 fully saturated rings. The van der Waals surface area contributed by atoms with E-state index in [1.807, 2.05) is 6.07 Å². The number of amides is 1. The Morgan fingerprint density at radius 1 is 1.48 bits per heavy atom. The van der Waals surface area contributed by atoms with Crippen molar-refractivity contribution >= 4 is 5.91 Å². The van der Waals surface area contributed by atoms with Crippen molar-refractivity contribution in [3.05, 3.63) is 46.1 Å². The Balaban J connectivity index is 1.66. The summed E-state index contributed by atoms with van der Waals surface area (Å²) in [6.45, 7) is 3.80.